The van der Waals surface area contributed by atoms with Crippen LogP contribution in [0.15, 0.2) is 61.0 Å². The molecule has 4 rings (SSSR count). The van der Waals surface area contributed by atoms with Gasteiger partial charge in [0, 0.05) is 27.1 Å². The Labute approximate surface area is 188 Å². The third-order valence-electron chi connectivity index (χ3n) is 4.31. The summed E-state index contributed by atoms with van der Waals surface area (Å²) in [4.78, 5) is 12.3. The van der Waals surface area contributed by atoms with Crippen LogP contribution < -0.4 is 5.32 Å². The first kappa shape index (κ1) is 20.2. The van der Waals surface area contributed by atoms with Gasteiger partial charge in [0.05, 0.1) is 5.75 Å². The van der Waals surface area contributed by atoms with Crippen LogP contribution in [-0.4, -0.2) is 26.4 Å². The number of hydrogen-bond donors (Lipinski definition) is 1. The van der Waals surface area contributed by atoms with Gasteiger partial charge in [0.2, 0.25) is 5.91 Å². The smallest absolute Gasteiger partial charge is 0.234 e. The number of fused-ring (bicyclic) bond motifs is 1. The number of rotatable bonds is 5. The molecular formula is C20H16Br2N4O2S. The van der Waals surface area contributed by atoms with E-state index in [1.807, 2.05) is 61.0 Å². The van der Waals surface area contributed by atoms with E-state index in [0.717, 1.165) is 31.2 Å². The third-order valence-corrected chi connectivity index (χ3v) is 6.71. The normalized spacial score (nSPS) is 11.2. The Hall–Kier alpha value is -2.10. The van der Waals surface area contributed by atoms with Gasteiger partial charge in [-0.15, -0.1) is 10.2 Å². The Balaban J connectivity index is 1.45. The zero-order valence-electron chi connectivity index (χ0n) is 15.6. The van der Waals surface area contributed by atoms with Crippen molar-refractivity contribution in [2.75, 3.05) is 11.1 Å². The van der Waals surface area contributed by atoms with Crippen LogP contribution >= 0.6 is 43.6 Å². The number of aryl methyl sites for hydroxylation is 1. The first-order valence-electron chi connectivity index (χ1n) is 8.68. The Bertz CT molecular complexity index is 1220. The number of benzene rings is 2. The molecule has 0 radical (unpaired) electrons. The molecule has 0 aliphatic heterocycles. The highest BCUT2D eigenvalue weighted by Gasteiger charge is 2.16. The predicted octanol–water partition coefficient (Wildman–Crippen LogP) is 5.79. The summed E-state index contributed by atoms with van der Waals surface area (Å²) in [6.45, 7) is 1.98. The number of aromatic nitrogens is 3. The number of nitrogens with one attached hydrogen (secondary N) is 1. The molecular weight excluding hydrogens is 520 g/mol. The molecule has 148 valence electrons. The van der Waals surface area contributed by atoms with Crippen LogP contribution in [0.25, 0.3) is 22.6 Å². The fraction of sp³-hybridized carbons (Fsp3) is 0.150. The minimum absolute atomic E-state index is 0.102. The lowest BCUT2D eigenvalue weighted by molar-refractivity contribution is -0.113. The van der Waals surface area contributed by atoms with E-state index in [1.54, 1.807) is 0 Å². The van der Waals surface area contributed by atoms with Crippen molar-refractivity contribution in [2.24, 2.45) is 7.05 Å². The summed E-state index contributed by atoms with van der Waals surface area (Å²) in [5.41, 5.74) is 2.61. The number of carbonyl (C=O) groups is 1. The molecule has 0 spiro atoms. The topological polar surface area (TPSA) is 73.0 Å². The van der Waals surface area contributed by atoms with Gasteiger partial charge in [-0.05, 0) is 55.0 Å². The largest absolute Gasteiger partial charge is 0.453 e. The highest BCUT2D eigenvalue weighted by atomic mass is 79.9. The van der Waals surface area contributed by atoms with E-state index in [-0.39, 0.29) is 11.7 Å². The highest BCUT2D eigenvalue weighted by Crippen LogP contribution is 2.30. The average molecular weight is 536 g/mol. The maximum Gasteiger partial charge on any atom is 0.234 e. The second-order valence-corrected chi connectivity index (χ2v) is 9.17. The molecule has 9 heteroatoms. The molecule has 0 aliphatic carbocycles. The monoisotopic (exact) mass is 534 g/mol. The zero-order valence-corrected chi connectivity index (χ0v) is 19.6. The summed E-state index contributed by atoms with van der Waals surface area (Å²) in [6.07, 6.45) is 0. The number of anilines is 1. The van der Waals surface area contributed by atoms with Crippen LogP contribution in [0, 0.1) is 6.92 Å². The summed E-state index contributed by atoms with van der Waals surface area (Å²) in [7, 11) is 1.86. The van der Waals surface area contributed by atoms with Crippen molar-refractivity contribution in [2.45, 2.75) is 12.1 Å². The van der Waals surface area contributed by atoms with Crippen molar-refractivity contribution in [3.63, 3.8) is 0 Å². The van der Waals surface area contributed by atoms with Crippen LogP contribution in [0.4, 0.5) is 5.69 Å². The van der Waals surface area contributed by atoms with Gasteiger partial charge in [0.15, 0.2) is 16.7 Å². The van der Waals surface area contributed by atoms with Crippen molar-refractivity contribution in [3.05, 3.63) is 57.0 Å². The predicted molar refractivity (Wildman–Crippen MR) is 122 cm³/mol. The molecule has 0 bridgehead atoms. The lowest BCUT2D eigenvalue weighted by Crippen LogP contribution is -2.14. The van der Waals surface area contributed by atoms with Gasteiger partial charge >= 0.3 is 0 Å². The Morgan fingerprint density at radius 3 is 2.79 bits per heavy atom. The van der Waals surface area contributed by atoms with Crippen LogP contribution in [0.5, 0.6) is 0 Å². The van der Waals surface area contributed by atoms with Crippen LogP contribution in [-0.2, 0) is 11.8 Å². The van der Waals surface area contributed by atoms with E-state index in [0.29, 0.717) is 16.7 Å². The van der Waals surface area contributed by atoms with Gasteiger partial charge in [0.25, 0.3) is 0 Å². The fourth-order valence-electron chi connectivity index (χ4n) is 2.83. The van der Waals surface area contributed by atoms with Gasteiger partial charge in [-0.25, -0.2) is 0 Å². The first-order valence-corrected chi connectivity index (χ1v) is 11.3. The SMILES string of the molecule is Cc1cc(NC(=O)CSc2nnc(-c3cc4cc(Br)ccc4o3)n2C)ccc1Br. The molecule has 2 aromatic heterocycles. The number of thioether (sulfide) groups is 1. The van der Waals surface area contributed by atoms with Crippen molar-refractivity contribution < 1.29 is 9.21 Å². The minimum atomic E-state index is -0.102. The second kappa shape index (κ2) is 8.33. The molecule has 1 N–H and O–H groups in total. The third kappa shape index (κ3) is 4.41. The van der Waals surface area contributed by atoms with Gasteiger partial charge in [0.1, 0.15) is 5.58 Å². The van der Waals surface area contributed by atoms with E-state index >= 15 is 0 Å². The summed E-state index contributed by atoms with van der Waals surface area (Å²) < 4.78 is 9.71. The van der Waals surface area contributed by atoms with Crippen LogP contribution in [0.3, 0.4) is 0 Å². The summed E-state index contributed by atoms with van der Waals surface area (Å²) >= 11 is 8.24. The molecule has 0 saturated carbocycles. The number of amides is 1. The summed E-state index contributed by atoms with van der Waals surface area (Å²) in [6, 6.07) is 13.5. The minimum Gasteiger partial charge on any atom is -0.453 e. The Morgan fingerprint density at radius 2 is 2.00 bits per heavy atom. The number of carbonyl (C=O) groups excluding carboxylic acids is 1. The van der Waals surface area contributed by atoms with Gasteiger partial charge in [-0.1, -0.05) is 43.6 Å². The molecule has 0 saturated heterocycles. The van der Waals surface area contributed by atoms with Crippen molar-refractivity contribution >= 4 is 66.2 Å². The molecule has 0 aliphatic rings. The quantitative estimate of drug-likeness (QED) is 0.327. The van der Waals surface area contributed by atoms with Crippen molar-refractivity contribution in [1.82, 2.24) is 14.8 Å². The molecule has 2 aromatic carbocycles. The van der Waals surface area contributed by atoms with Crippen molar-refractivity contribution in [3.8, 4) is 11.6 Å². The molecule has 6 nitrogen and oxygen atoms in total. The zero-order chi connectivity index (χ0) is 20.5. The van der Waals surface area contributed by atoms with Gasteiger partial charge < -0.3 is 14.3 Å². The molecule has 2 heterocycles. The average Bonchev–Trinajstić information content (AvgIpc) is 3.25. The fourth-order valence-corrected chi connectivity index (χ4v) is 4.17. The lowest BCUT2D eigenvalue weighted by atomic mass is 10.2. The van der Waals surface area contributed by atoms with E-state index in [4.69, 9.17) is 4.42 Å². The highest BCUT2D eigenvalue weighted by molar-refractivity contribution is 9.10. The Morgan fingerprint density at radius 1 is 1.17 bits per heavy atom. The Kier molecular flexibility index (Phi) is 5.80. The molecule has 0 atom stereocenters. The maximum atomic E-state index is 12.3. The van der Waals surface area contributed by atoms with E-state index in [9.17, 15) is 4.79 Å². The van der Waals surface area contributed by atoms with Crippen LogP contribution in [0.2, 0.25) is 0 Å². The first-order chi connectivity index (χ1) is 13.9. The number of halogens is 2. The van der Waals surface area contributed by atoms with E-state index < -0.39 is 0 Å². The number of hydrogen-bond acceptors (Lipinski definition) is 5. The maximum absolute atomic E-state index is 12.3. The van der Waals surface area contributed by atoms with E-state index in [2.05, 4.69) is 47.4 Å². The molecule has 1 amide bonds. The lowest BCUT2D eigenvalue weighted by Gasteiger charge is -2.07. The summed E-state index contributed by atoms with van der Waals surface area (Å²) in [5.74, 6) is 1.38. The number of nitrogens with zero attached hydrogens (tertiary/aromatic N) is 3. The standard InChI is InChI=1S/C20H16Br2N4O2S/c1-11-7-14(4-5-15(11)22)23-18(27)10-29-20-25-24-19(26(20)2)17-9-12-8-13(21)3-6-16(12)28-17/h3-9H,10H2,1-2H3,(H,23,27). The number of furan rings is 1. The molecule has 4 aromatic rings. The second-order valence-electron chi connectivity index (χ2n) is 6.46. The summed E-state index contributed by atoms with van der Waals surface area (Å²) in [5, 5.41) is 13.0. The van der Waals surface area contributed by atoms with Gasteiger partial charge in [-0.2, -0.15) is 0 Å². The van der Waals surface area contributed by atoms with E-state index in [1.165, 1.54) is 11.8 Å². The molecule has 0 unspecified atom stereocenters. The van der Waals surface area contributed by atoms with Crippen LogP contribution in [0.1, 0.15) is 5.56 Å². The molecule has 0 fully saturated rings. The van der Waals surface area contributed by atoms with Crippen molar-refractivity contribution in [1.29, 1.82) is 0 Å². The van der Waals surface area contributed by atoms with Gasteiger partial charge in [-0.3, -0.25) is 4.79 Å². The molecule has 29 heavy (non-hydrogen) atoms.